The van der Waals surface area contributed by atoms with E-state index in [1.165, 1.54) is 31.7 Å². The third kappa shape index (κ3) is 6.50. The van der Waals surface area contributed by atoms with Gasteiger partial charge in [0.05, 0.1) is 17.0 Å². The predicted octanol–water partition coefficient (Wildman–Crippen LogP) is 3.64. The molecule has 27 heavy (non-hydrogen) atoms. The van der Waals surface area contributed by atoms with Gasteiger partial charge in [-0.05, 0) is 38.5 Å². The third-order valence-electron chi connectivity index (χ3n) is 5.22. The molecule has 1 aromatic carbocycles. The highest BCUT2D eigenvalue weighted by molar-refractivity contribution is 5.79. The summed E-state index contributed by atoms with van der Waals surface area (Å²) in [6.45, 7) is 7.46. The second-order valence-corrected chi connectivity index (χ2v) is 7.09. The van der Waals surface area contributed by atoms with Crippen LogP contribution in [0.3, 0.4) is 0 Å². The molecule has 0 atom stereocenters. The number of hydrogen-bond acceptors (Lipinski definition) is 4. The number of hydrogen-bond donors (Lipinski definition) is 2. The van der Waals surface area contributed by atoms with Gasteiger partial charge in [0.2, 0.25) is 0 Å². The second-order valence-electron chi connectivity index (χ2n) is 7.09. The lowest BCUT2D eigenvalue weighted by molar-refractivity contribution is -0.385. The van der Waals surface area contributed by atoms with Crippen LogP contribution in [0.4, 0.5) is 5.69 Å². The molecule has 1 aromatic rings. The highest BCUT2D eigenvalue weighted by Gasteiger charge is 2.33. The Hall–Kier alpha value is -2.15. The van der Waals surface area contributed by atoms with Gasteiger partial charge in [0, 0.05) is 32.4 Å². The largest absolute Gasteiger partial charge is 0.382 e. The van der Waals surface area contributed by atoms with Crippen LogP contribution < -0.4 is 10.6 Å². The minimum absolute atomic E-state index is 0.112. The lowest BCUT2D eigenvalue weighted by atomic mass is 9.83. The Kier molecular flexibility index (Phi) is 8.51. The fourth-order valence-electron chi connectivity index (χ4n) is 3.67. The van der Waals surface area contributed by atoms with E-state index in [0.717, 1.165) is 32.7 Å². The smallest absolute Gasteiger partial charge is 0.274 e. The molecule has 0 aromatic heterocycles. The first kappa shape index (κ1) is 21.2. The van der Waals surface area contributed by atoms with Gasteiger partial charge in [-0.2, -0.15) is 0 Å². The maximum absolute atomic E-state index is 11.2. The summed E-state index contributed by atoms with van der Waals surface area (Å²) in [5, 5.41) is 17.9. The zero-order valence-electron chi connectivity index (χ0n) is 16.5. The molecule has 150 valence electrons. The van der Waals surface area contributed by atoms with E-state index >= 15 is 0 Å². The minimum atomic E-state index is -0.355. The number of nitrogens with one attached hydrogen (secondary N) is 2. The van der Waals surface area contributed by atoms with Gasteiger partial charge in [0.1, 0.15) is 0 Å². The second kappa shape index (κ2) is 10.9. The van der Waals surface area contributed by atoms with Gasteiger partial charge in [-0.15, -0.1) is 0 Å². The summed E-state index contributed by atoms with van der Waals surface area (Å²) in [6.07, 6.45) is 5.99. The molecule has 0 radical (unpaired) electrons. The van der Waals surface area contributed by atoms with Crippen molar-refractivity contribution in [2.45, 2.75) is 52.5 Å². The van der Waals surface area contributed by atoms with E-state index in [1.807, 2.05) is 13.8 Å². The molecular formula is C20H32N4O3. The monoisotopic (exact) mass is 376 g/mol. The number of para-hydroxylation sites is 1. The lowest BCUT2D eigenvalue weighted by Crippen LogP contribution is -2.43. The molecule has 2 N–H and O–H groups in total. The molecule has 0 saturated heterocycles. The van der Waals surface area contributed by atoms with E-state index in [0.29, 0.717) is 11.5 Å². The molecule has 7 heteroatoms. The van der Waals surface area contributed by atoms with Crippen molar-refractivity contribution in [1.29, 1.82) is 0 Å². The van der Waals surface area contributed by atoms with Crippen molar-refractivity contribution in [3.05, 3.63) is 39.9 Å². The van der Waals surface area contributed by atoms with Crippen LogP contribution in [0.25, 0.3) is 0 Å². The van der Waals surface area contributed by atoms with Gasteiger partial charge in [-0.25, -0.2) is 4.99 Å². The maximum Gasteiger partial charge on any atom is 0.274 e. The number of guanidine groups is 1. The summed E-state index contributed by atoms with van der Waals surface area (Å²) in [5.74, 6) is 0.707. The highest BCUT2D eigenvalue weighted by atomic mass is 16.6. The van der Waals surface area contributed by atoms with Crippen LogP contribution in [-0.4, -0.2) is 37.2 Å². The number of nitro groups is 1. The van der Waals surface area contributed by atoms with Crippen molar-refractivity contribution in [2.24, 2.45) is 10.4 Å². The molecular weight excluding hydrogens is 344 g/mol. The normalized spacial score (nSPS) is 16.3. The van der Waals surface area contributed by atoms with Crippen LogP contribution >= 0.6 is 0 Å². The molecule has 1 fully saturated rings. The Labute approximate surface area is 161 Å². The Balaban J connectivity index is 2.01. The molecule has 0 aliphatic heterocycles. The van der Waals surface area contributed by atoms with Crippen LogP contribution in [0.5, 0.6) is 0 Å². The van der Waals surface area contributed by atoms with E-state index < -0.39 is 0 Å². The maximum atomic E-state index is 11.2. The van der Waals surface area contributed by atoms with Crippen LogP contribution in [0.1, 0.15) is 51.5 Å². The quantitative estimate of drug-likeness (QED) is 0.214. The number of nitrogens with zero attached hydrogens (tertiary/aromatic N) is 2. The number of nitro benzene ring substituents is 1. The Bertz CT molecular complexity index is 627. The van der Waals surface area contributed by atoms with Gasteiger partial charge >= 0.3 is 0 Å². The third-order valence-corrected chi connectivity index (χ3v) is 5.22. The average Bonchev–Trinajstić information content (AvgIpc) is 3.13. The molecule has 2 rings (SSSR count). The van der Waals surface area contributed by atoms with Gasteiger partial charge in [0.25, 0.3) is 5.69 Å². The van der Waals surface area contributed by atoms with Crippen LogP contribution in [-0.2, 0) is 11.3 Å². The molecule has 0 spiro atoms. The summed E-state index contributed by atoms with van der Waals surface area (Å²) >= 11 is 0. The fourth-order valence-corrected chi connectivity index (χ4v) is 3.67. The van der Waals surface area contributed by atoms with Gasteiger partial charge in [-0.3, -0.25) is 10.1 Å². The molecule has 1 aliphatic rings. The molecule has 1 saturated carbocycles. The topological polar surface area (TPSA) is 88.8 Å². The fraction of sp³-hybridized carbons (Fsp3) is 0.650. The molecule has 1 aliphatic carbocycles. The number of benzene rings is 1. The van der Waals surface area contributed by atoms with E-state index in [-0.39, 0.29) is 22.6 Å². The van der Waals surface area contributed by atoms with Crippen molar-refractivity contribution in [2.75, 3.05) is 26.3 Å². The van der Waals surface area contributed by atoms with E-state index in [1.54, 1.807) is 18.2 Å². The summed E-state index contributed by atoms with van der Waals surface area (Å²) in [7, 11) is 0. The summed E-state index contributed by atoms with van der Waals surface area (Å²) in [4.78, 5) is 15.4. The van der Waals surface area contributed by atoms with Crippen molar-refractivity contribution in [1.82, 2.24) is 10.6 Å². The van der Waals surface area contributed by atoms with Crippen LogP contribution in [0.2, 0.25) is 0 Å². The van der Waals surface area contributed by atoms with Gasteiger partial charge in [0.15, 0.2) is 5.96 Å². The molecule has 0 bridgehead atoms. The van der Waals surface area contributed by atoms with E-state index in [2.05, 4.69) is 15.6 Å². The number of aliphatic imine (C=N–C) groups is 1. The van der Waals surface area contributed by atoms with Crippen molar-refractivity contribution < 1.29 is 9.66 Å². The Morgan fingerprint density at radius 2 is 2.00 bits per heavy atom. The number of ether oxygens (including phenoxy) is 1. The van der Waals surface area contributed by atoms with Crippen LogP contribution in [0.15, 0.2) is 29.3 Å². The molecule has 0 amide bonds. The van der Waals surface area contributed by atoms with Gasteiger partial charge < -0.3 is 15.4 Å². The van der Waals surface area contributed by atoms with E-state index in [9.17, 15) is 10.1 Å². The predicted molar refractivity (Wildman–Crippen MR) is 108 cm³/mol. The summed E-state index contributed by atoms with van der Waals surface area (Å²) in [5.41, 5.74) is 0.983. The first-order valence-electron chi connectivity index (χ1n) is 9.92. The molecule has 0 heterocycles. The summed E-state index contributed by atoms with van der Waals surface area (Å²) in [6, 6.07) is 6.76. The summed E-state index contributed by atoms with van der Waals surface area (Å²) < 4.78 is 5.58. The minimum Gasteiger partial charge on any atom is -0.382 e. The molecule has 7 nitrogen and oxygen atoms in total. The van der Waals surface area contributed by atoms with Crippen molar-refractivity contribution >= 4 is 11.6 Å². The van der Waals surface area contributed by atoms with E-state index in [4.69, 9.17) is 4.74 Å². The zero-order valence-corrected chi connectivity index (χ0v) is 16.5. The van der Waals surface area contributed by atoms with Gasteiger partial charge in [-0.1, -0.05) is 31.0 Å². The highest BCUT2D eigenvalue weighted by Crippen LogP contribution is 2.40. The SMILES string of the molecule is CCNC(=NCc1ccccc1[N+](=O)[O-])NCC1(CCOCC)CCCC1. The van der Waals surface area contributed by atoms with Crippen molar-refractivity contribution in [3.8, 4) is 0 Å². The molecule has 0 unspecified atom stereocenters. The Morgan fingerprint density at radius 3 is 2.67 bits per heavy atom. The average molecular weight is 377 g/mol. The first-order valence-corrected chi connectivity index (χ1v) is 9.92. The van der Waals surface area contributed by atoms with Crippen LogP contribution in [0, 0.1) is 15.5 Å². The lowest BCUT2D eigenvalue weighted by Gasteiger charge is -2.30. The first-order chi connectivity index (χ1) is 13.1. The number of rotatable bonds is 10. The Morgan fingerprint density at radius 1 is 1.26 bits per heavy atom. The standard InChI is InChI=1S/C20H32N4O3/c1-3-21-19(22-15-17-9-5-6-10-18(17)24(25)26)23-16-20(11-7-8-12-20)13-14-27-4-2/h5-6,9-10H,3-4,7-8,11-16H2,1-2H3,(H2,21,22,23). The van der Waals surface area contributed by atoms with Crippen molar-refractivity contribution in [3.63, 3.8) is 0 Å². The zero-order chi connectivity index (χ0) is 19.5.